The Morgan fingerprint density at radius 3 is 2.31 bits per heavy atom. The lowest BCUT2D eigenvalue weighted by Crippen LogP contribution is -2.38. The fourth-order valence-corrected chi connectivity index (χ4v) is 4.54. The van der Waals surface area contributed by atoms with Crippen molar-refractivity contribution >= 4 is 0 Å². The molecule has 0 bridgehead atoms. The van der Waals surface area contributed by atoms with Crippen LogP contribution in [0.25, 0.3) is 11.3 Å². The van der Waals surface area contributed by atoms with E-state index in [4.69, 9.17) is 9.26 Å². The highest BCUT2D eigenvalue weighted by Gasteiger charge is 2.42. The van der Waals surface area contributed by atoms with E-state index in [0.717, 1.165) is 24.3 Å². The fraction of sp³-hybridized carbons (Fsp3) is 0.207. The fourth-order valence-electron chi connectivity index (χ4n) is 4.54. The summed E-state index contributed by atoms with van der Waals surface area (Å²) in [5, 5.41) is 19.8. The number of ether oxygens (including phenoxy) is 1. The third kappa shape index (κ3) is 6.00. The van der Waals surface area contributed by atoms with Crippen molar-refractivity contribution < 1.29 is 40.7 Å². The summed E-state index contributed by atoms with van der Waals surface area (Å²) in [4.78, 5) is 3.84. The number of halogens is 6. The monoisotopic (exact) mass is 588 g/mol. The number of nitrogens with zero attached hydrogens (tertiary/aromatic N) is 4. The topological polar surface area (TPSA) is 86.2 Å². The van der Waals surface area contributed by atoms with Crippen LogP contribution in [0.2, 0.25) is 0 Å². The van der Waals surface area contributed by atoms with Crippen LogP contribution in [0.3, 0.4) is 0 Å². The largest absolute Gasteiger partial charge is 0.489 e. The molecule has 0 radical (unpaired) electrons. The van der Waals surface area contributed by atoms with Crippen LogP contribution in [0, 0.1) is 17.5 Å². The van der Waals surface area contributed by atoms with E-state index in [1.807, 2.05) is 0 Å². The highest BCUT2D eigenvalue weighted by molar-refractivity contribution is 5.60. The quantitative estimate of drug-likeness (QED) is 0.194. The van der Waals surface area contributed by atoms with Crippen molar-refractivity contribution in [1.29, 1.82) is 0 Å². The zero-order chi connectivity index (χ0) is 30.1. The van der Waals surface area contributed by atoms with Crippen molar-refractivity contribution in [2.24, 2.45) is 0 Å². The number of benzene rings is 3. The first-order chi connectivity index (χ1) is 19.9. The lowest BCUT2D eigenvalue weighted by Gasteiger charge is -2.33. The third-order valence-electron chi connectivity index (χ3n) is 6.86. The molecule has 5 aromatic rings. The molecule has 7 nitrogen and oxygen atoms in total. The Morgan fingerprint density at radius 2 is 1.64 bits per heavy atom. The molecular weight excluding hydrogens is 566 g/mol. The van der Waals surface area contributed by atoms with Gasteiger partial charge < -0.3 is 14.4 Å². The second-order valence-electron chi connectivity index (χ2n) is 9.59. The molecule has 2 aromatic heterocycles. The standard InChI is InChI=1S/C29H22F6N4O3/c1-17(28(40,14-39-16-36-15-37-39)23-9-6-21(31)11-25(23)32)27-12-26(38-42-27)18-3-7-22(8-4-18)41-13-19-2-5-20(30)10-24(19)29(33,34)35/h2-12,15-17,40H,13-14H2,1H3/t17-,28+/m0/s1. The minimum atomic E-state index is -4.74. The SMILES string of the molecule is C[C@@H](c1cc(-c2ccc(OCc3ccc(F)cc3C(F)(F)F)cc2)no1)[C@](O)(Cn1cncn1)c1ccc(F)cc1F. The van der Waals surface area contributed by atoms with Crippen LogP contribution in [0.1, 0.15) is 35.3 Å². The third-order valence-corrected chi connectivity index (χ3v) is 6.86. The molecule has 0 aliphatic rings. The van der Waals surface area contributed by atoms with Crippen LogP contribution in [0.5, 0.6) is 5.75 Å². The molecule has 2 atom stereocenters. The van der Waals surface area contributed by atoms with Gasteiger partial charge in [-0.3, -0.25) is 0 Å². The maximum atomic E-state index is 14.9. The zero-order valence-electron chi connectivity index (χ0n) is 21.8. The van der Waals surface area contributed by atoms with Gasteiger partial charge in [0.25, 0.3) is 0 Å². The molecule has 13 heteroatoms. The maximum absolute atomic E-state index is 14.9. The highest BCUT2D eigenvalue weighted by atomic mass is 19.4. The van der Waals surface area contributed by atoms with Crippen molar-refractivity contribution in [3.63, 3.8) is 0 Å². The molecule has 0 spiro atoms. The van der Waals surface area contributed by atoms with Crippen molar-refractivity contribution in [2.45, 2.75) is 37.8 Å². The highest BCUT2D eigenvalue weighted by Crippen LogP contribution is 2.41. The molecular formula is C29H22F6N4O3. The molecule has 5 rings (SSSR count). The second kappa shape index (κ2) is 11.3. The Balaban J connectivity index is 1.35. The number of aliphatic hydroxyl groups is 1. The van der Waals surface area contributed by atoms with Gasteiger partial charge in [-0.1, -0.05) is 24.2 Å². The van der Waals surface area contributed by atoms with Gasteiger partial charge in [-0.2, -0.15) is 18.3 Å². The van der Waals surface area contributed by atoms with E-state index in [-0.39, 0.29) is 29.2 Å². The number of hydrogen-bond donors (Lipinski definition) is 1. The molecule has 0 aliphatic carbocycles. The summed E-state index contributed by atoms with van der Waals surface area (Å²) in [6.07, 6.45) is -2.15. The molecule has 2 heterocycles. The van der Waals surface area contributed by atoms with Gasteiger partial charge in [0.1, 0.15) is 59.5 Å². The molecule has 0 fully saturated rings. The summed E-state index contributed by atoms with van der Waals surface area (Å²) >= 11 is 0. The molecule has 1 N–H and O–H groups in total. The first kappa shape index (κ1) is 28.9. The van der Waals surface area contributed by atoms with E-state index >= 15 is 0 Å². The van der Waals surface area contributed by atoms with Crippen LogP contribution >= 0.6 is 0 Å². The number of hydrogen-bond acceptors (Lipinski definition) is 6. The van der Waals surface area contributed by atoms with E-state index < -0.39 is 47.3 Å². The molecule has 42 heavy (non-hydrogen) atoms. The van der Waals surface area contributed by atoms with E-state index in [1.165, 1.54) is 29.5 Å². The summed E-state index contributed by atoms with van der Waals surface area (Å²) in [5.74, 6) is -3.22. The maximum Gasteiger partial charge on any atom is 0.416 e. The summed E-state index contributed by atoms with van der Waals surface area (Å²) in [5.41, 5.74) is -2.57. The number of rotatable bonds is 9. The molecule has 0 saturated heterocycles. The minimum Gasteiger partial charge on any atom is -0.489 e. The van der Waals surface area contributed by atoms with Crippen molar-refractivity contribution in [3.05, 3.63) is 119 Å². The van der Waals surface area contributed by atoms with Crippen LogP contribution in [0.15, 0.2) is 83.9 Å². The van der Waals surface area contributed by atoms with Crippen LogP contribution in [-0.2, 0) is 24.9 Å². The number of aromatic nitrogens is 4. The molecule has 0 aliphatic heterocycles. The van der Waals surface area contributed by atoms with Gasteiger partial charge in [0.05, 0.1) is 18.0 Å². The van der Waals surface area contributed by atoms with Crippen LogP contribution < -0.4 is 4.74 Å². The second-order valence-corrected chi connectivity index (χ2v) is 9.59. The average Bonchev–Trinajstić information content (AvgIpc) is 3.64. The summed E-state index contributed by atoms with van der Waals surface area (Å²) in [6.45, 7) is 0.916. The van der Waals surface area contributed by atoms with Gasteiger partial charge in [0.15, 0.2) is 0 Å². The Labute approximate surface area is 235 Å². The van der Waals surface area contributed by atoms with Gasteiger partial charge in [0.2, 0.25) is 0 Å². The lowest BCUT2D eigenvalue weighted by atomic mass is 9.80. The average molecular weight is 589 g/mol. The Bertz CT molecular complexity index is 1670. The summed E-state index contributed by atoms with van der Waals surface area (Å²) in [6, 6.07) is 13.0. The van der Waals surface area contributed by atoms with Crippen molar-refractivity contribution in [2.75, 3.05) is 0 Å². The first-order valence-corrected chi connectivity index (χ1v) is 12.5. The van der Waals surface area contributed by atoms with Crippen molar-refractivity contribution in [3.8, 4) is 17.0 Å². The summed E-state index contributed by atoms with van der Waals surface area (Å²) < 4.78 is 93.9. The molecule has 3 aromatic carbocycles. The molecule has 0 unspecified atom stereocenters. The van der Waals surface area contributed by atoms with Gasteiger partial charge in [-0.15, -0.1) is 0 Å². The zero-order valence-corrected chi connectivity index (χ0v) is 21.8. The predicted molar refractivity (Wildman–Crippen MR) is 136 cm³/mol. The van der Waals surface area contributed by atoms with E-state index in [0.29, 0.717) is 23.4 Å². The minimum absolute atomic E-state index is 0.179. The normalized spacial score (nSPS) is 14.0. The smallest absolute Gasteiger partial charge is 0.416 e. The predicted octanol–water partition coefficient (Wildman–Crippen LogP) is 6.64. The molecule has 0 saturated carbocycles. The Kier molecular flexibility index (Phi) is 7.78. The van der Waals surface area contributed by atoms with E-state index in [1.54, 1.807) is 25.1 Å². The van der Waals surface area contributed by atoms with E-state index in [2.05, 4.69) is 15.2 Å². The van der Waals surface area contributed by atoms with E-state index in [9.17, 15) is 31.4 Å². The van der Waals surface area contributed by atoms with Crippen molar-refractivity contribution in [1.82, 2.24) is 19.9 Å². The summed E-state index contributed by atoms with van der Waals surface area (Å²) in [7, 11) is 0. The first-order valence-electron chi connectivity index (χ1n) is 12.5. The molecule has 218 valence electrons. The van der Waals surface area contributed by atoms with Gasteiger partial charge >= 0.3 is 6.18 Å². The van der Waals surface area contributed by atoms with Crippen LogP contribution in [0.4, 0.5) is 26.3 Å². The number of alkyl halides is 3. The Hall–Kier alpha value is -4.65. The van der Waals surface area contributed by atoms with Gasteiger partial charge in [0, 0.05) is 28.8 Å². The van der Waals surface area contributed by atoms with Gasteiger partial charge in [-0.05, 0) is 42.5 Å². The van der Waals surface area contributed by atoms with Gasteiger partial charge in [-0.25, -0.2) is 22.8 Å². The lowest BCUT2D eigenvalue weighted by molar-refractivity contribution is -0.138. The Morgan fingerprint density at radius 1 is 0.929 bits per heavy atom. The molecule has 0 amide bonds. The van der Waals surface area contributed by atoms with Crippen LogP contribution in [-0.4, -0.2) is 25.0 Å².